The summed E-state index contributed by atoms with van der Waals surface area (Å²) in [4.78, 5) is 0. The number of benzene rings is 2. The Bertz CT molecular complexity index is 474. The van der Waals surface area contributed by atoms with E-state index in [0.717, 1.165) is 0 Å². The molecule has 1 N–H and O–H groups in total. The van der Waals surface area contributed by atoms with Crippen LogP contribution in [0.25, 0.3) is 0 Å². The predicted octanol–water partition coefficient (Wildman–Crippen LogP) is 4.47. The van der Waals surface area contributed by atoms with Gasteiger partial charge in [0.2, 0.25) is 0 Å². The highest BCUT2D eigenvalue weighted by atomic mass is 35.5. The minimum Gasteiger partial charge on any atom is -0.379 e. The predicted molar refractivity (Wildman–Crippen MR) is 76.6 cm³/mol. The first-order chi connectivity index (χ1) is 8.56. The fourth-order valence-corrected chi connectivity index (χ4v) is 2.33. The summed E-state index contributed by atoms with van der Waals surface area (Å²) in [5.41, 5.74) is 0.157. The van der Waals surface area contributed by atoms with Crippen molar-refractivity contribution in [3.63, 3.8) is 0 Å². The van der Waals surface area contributed by atoms with Gasteiger partial charge in [-0.1, -0.05) is 47.5 Å². The van der Waals surface area contributed by atoms with Gasteiger partial charge in [-0.15, -0.1) is 11.6 Å². The van der Waals surface area contributed by atoms with Gasteiger partial charge in [0.05, 0.1) is 5.88 Å². The number of halogens is 3. The van der Waals surface area contributed by atoms with E-state index in [0.29, 0.717) is 21.2 Å². The van der Waals surface area contributed by atoms with E-state index in [9.17, 15) is 5.11 Å². The highest BCUT2D eigenvalue weighted by molar-refractivity contribution is 6.30. The number of alkyl halides is 1. The van der Waals surface area contributed by atoms with Gasteiger partial charge < -0.3 is 5.11 Å². The second-order valence-electron chi connectivity index (χ2n) is 4.01. The third kappa shape index (κ3) is 2.65. The van der Waals surface area contributed by atoms with Gasteiger partial charge in [-0.05, 0) is 35.4 Å². The first kappa shape index (κ1) is 13.7. The summed E-state index contributed by atoms with van der Waals surface area (Å²) in [5.74, 6) is 0.0518. The molecule has 0 atom stereocenters. The van der Waals surface area contributed by atoms with Gasteiger partial charge in [-0.25, -0.2) is 0 Å². The van der Waals surface area contributed by atoms with Crippen LogP contribution in [0.3, 0.4) is 0 Å². The molecule has 0 spiro atoms. The Hall–Kier alpha value is -0.730. The normalized spacial score (nSPS) is 11.6. The Morgan fingerprint density at radius 3 is 1.39 bits per heavy atom. The lowest BCUT2D eigenvalue weighted by atomic mass is 9.88. The molecule has 2 rings (SSSR count). The summed E-state index contributed by atoms with van der Waals surface area (Å²) in [6, 6.07) is 14.0. The Kier molecular flexibility index (Phi) is 4.18. The maximum absolute atomic E-state index is 10.7. The van der Waals surface area contributed by atoms with E-state index in [4.69, 9.17) is 34.8 Å². The molecule has 0 amide bonds. The van der Waals surface area contributed by atoms with Crippen LogP contribution in [0.5, 0.6) is 0 Å². The van der Waals surface area contributed by atoms with E-state index in [1.807, 2.05) is 0 Å². The molecule has 0 aliphatic rings. The molecule has 2 aromatic rings. The summed E-state index contributed by atoms with van der Waals surface area (Å²) in [7, 11) is 0. The monoisotopic (exact) mass is 300 g/mol. The van der Waals surface area contributed by atoms with Crippen molar-refractivity contribution in [2.24, 2.45) is 0 Å². The van der Waals surface area contributed by atoms with Crippen LogP contribution < -0.4 is 0 Å². The van der Waals surface area contributed by atoms with Crippen molar-refractivity contribution >= 4 is 34.8 Å². The smallest absolute Gasteiger partial charge is 0.128 e. The maximum atomic E-state index is 10.7. The summed E-state index contributed by atoms with van der Waals surface area (Å²) in [6.45, 7) is 0. The van der Waals surface area contributed by atoms with Crippen LogP contribution in [0.4, 0.5) is 0 Å². The van der Waals surface area contributed by atoms with Crippen molar-refractivity contribution in [2.75, 3.05) is 5.88 Å². The highest BCUT2D eigenvalue weighted by Crippen LogP contribution is 2.32. The van der Waals surface area contributed by atoms with Gasteiger partial charge in [0.15, 0.2) is 0 Å². The Balaban J connectivity index is 2.47. The second-order valence-corrected chi connectivity index (χ2v) is 5.15. The van der Waals surface area contributed by atoms with Crippen LogP contribution in [0.1, 0.15) is 11.1 Å². The van der Waals surface area contributed by atoms with E-state index < -0.39 is 5.60 Å². The lowest BCUT2D eigenvalue weighted by Gasteiger charge is -2.27. The third-order valence-electron chi connectivity index (χ3n) is 2.84. The molecule has 0 bridgehead atoms. The highest BCUT2D eigenvalue weighted by Gasteiger charge is 2.30. The van der Waals surface area contributed by atoms with Crippen molar-refractivity contribution in [1.29, 1.82) is 0 Å². The Labute approximate surface area is 121 Å². The molecular formula is C14H11Cl3O. The SMILES string of the molecule is OC(CCl)(c1ccc(Cl)cc1)c1ccc(Cl)cc1. The Morgan fingerprint density at radius 1 is 0.778 bits per heavy atom. The molecule has 0 aliphatic heterocycles. The molecular weight excluding hydrogens is 291 g/mol. The Morgan fingerprint density at radius 2 is 1.11 bits per heavy atom. The van der Waals surface area contributed by atoms with Gasteiger partial charge in [-0.3, -0.25) is 0 Å². The number of rotatable bonds is 3. The maximum Gasteiger partial charge on any atom is 0.128 e. The average molecular weight is 302 g/mol. The summed E-state index contributed by atoms with van der Waals surface area (Å²) < 4.78 is 0. The first-order valence-electron chi connectivity index (χ1n) is 5.37. The minimum atomic E-state index is -1.24. The second kappa shape index (κ2) is 5.50. The fourth-order valence-electron chi connectivity index (χ4n) is 1.77. The van der Waals surface area contributed by atoms with Gasteiger partial charge in [0, 0.05) is 10.0 Å². The van der Waals surface area contributed by atoms with Crippen molar-refractivity contribution < 1.29 is 5.11 Å². The van der Waals surface area contributed by atoms with E-state index >= 15 is 0 Å². The van der Waals surface area contributed by atoms with Gasteiger partial charge in [0.1, 0.15) is 5.60 Å². The zero-order valence-corrected chi connectivity index (χ0v) is 11.7. The molecule has 1 nitrogen and oxygen atoms in total. The number of aliphatic hydroxyl groups is 1. The molecule has 0 unspecified atom stereocenters. The molecule has 4 heteroatoms. The molecule has 94 valence electrons. The molecule has 0 heterocycles. The van der Waals surface area contributed by atoms with Crippen LogP contribution in [-0.2, 0) is 5.60 Å². The largest absolute Gasteiger partial charge is 0.379 e. The topological polar surface area (TPSA) is 20.2 Å². The van der Waals surface area contributed by atoms with Crippen LogP contribution >= 0.6 is 34.8 Å². The summed E-state index contributed by atoms with van der Waals surface area (Å²) >= 11 is 17.6. The molecule has 0 saturated heterocycles. The lowest BCUT2D eigenvalue weighted by Crippen LogP contribution is -2.29. The molecule has 18 heavy (non-hydrogen) atoms. The van der Waals surface area contributed by atoms with Gasteiger partial charge >= 0.3 is 0 Å². The lowest BCUT2D eigenvalue weighted by molar-refractivity contribution is 0.106. The van der Waals surface area contributed by atoms with Crippen molar-refractivity contribution in [2.45, 2.75) is 5.60 Å². The molecule has 0 fully saturated rings. The molecule has 0 radical (unpaired) electrons. The summed E-state index contributed by atoms with van der Waals surface area (Å²) in [6.07, 6.45) is 0. The van der Waals surface area contributed by atoms with E-state index in [2.05, 4.69) is 0 Å². The van der Waals surface area contributed by atoms with E-state index in [1.54, 1.807) is 48.5 Å². The van der Waals surface area contributed by atoms with Crippen molar-refractivity contribution in [1.82, 2.24) is 0 Å². The number of hydrogen-bond acceptors (Lipinski definition) is 1. The fraction of sp³-hybridized carbons (Fsp3) is 0.143. The standard InChI is InChI=1S/C14H11Cl3O/c15-9-14(18,10-1-5-12(16)6-2-10)11-3-7-13(17)8-4-11/h1-8,18H,9H2. The van der Waals surface area contributed by atoms with Crippen molar-refractivity contribution in [3.05, 3.63) is 69.7 Å². The zero-order valence-electron chi connectivity index (χ0n) is 9.41. The molecule has 0 aliphatic carbocycles. The van der Waals surface area contributed by atoms with E-state index in [1.165, 1.54) is 0 Å². The third-order valence-corrected chi connectivity index (χ3v) is 3.73. The molecule has 2 aromatic carbocycles. The van der Waals surface area contributed by atoms with Crippen LogP contribution in [-0.4, -0.2) is 11.0 Å². The zero-order chi connectivity index (χ0) is 13.2. The quantitative estimate of drug-likeness (QED) is 0.829. The van der Waals surface area contributed by atoms with E-state index in [-0.39, 0.29) is 5.88 Å². The van der Waals surface area contributed by atoms with Crippen LogP contribution in [0, 0.1) is 0 Å². The average Bonchev–Trinajstić information content (AvgIpc) is 2.39. The minimum absolute atomic E-state index is 0.0518. The van der Waals surface area contributed by atoms with Crippen molar-refractivity contribution in [3.8, 4) is 0 Å². The number of hydrogen-bond donors (Lipinski definition) is 1. The molecule has 0 aromatic heterocycles. The molecule has 0 saturated carbocycles. The first-order valence-corrected chi connectivity index (χ1v) is 6.66. The van der Waals surface area contributed by atoms with Gasteiger partial charge in [-0.2, -0.15) is 0 Å². The summed E-state index contributed by atoms with van der Waals surface area (Å²) in [5, 5.41) is 12.0. The van der Waals surface area contributed by atoms with Crippen LogP contribution in [0.2, 0.25) is 10.0 Å². The van der Waals surface area contributed by atoms with Crippen LogP contribution in [0.15, 0.2) is 48.5 Å². The van der Waals surface area contributed by atoms with Gasteiger partial charge in [0.25, 0.3) is 0 Å².